The summed E-state index contributed by atoms with van der Waals surface area (Å²) in [6.45, 7) is 1.99. The Morgan fingerprint density at radius 3 is 2.50 bits per heavy atom. The van der Waals surface area contributed by atoms with Crippen LogP contribution in [0.25, 0.3) is 0 Å². The number of halogens is 3. The number of benzene rings is 2. The number of anilines is 1. The Kier molecular flexibility index (Phi) is 4.89. The van der Waals surface area contributed by atoms with Crippen molar-refractivity contribution in [3.05, 3.63) is 57.3 Å². The van der Waals surface area contributed by atoms with E-state index in [1.165, 1.54) is 12.1 Å². The van der Waals surface area contributed by atoms with E-state index in [0.717, 1.165) is 15.7 Å². The molecule has 0 amide bonds. The summed E-state index contributed by atoms with van der Waals surface area (Å²) in [6, 6.07) is 9.95. The molecular formula is C15H14BrClFNO. The quantitative estimate of drug-likeness (QED) is 0.787. The van der Waals surface area contributed by atoms with Gasteiger partial charge in [0.2, 0.25) is 0 Å². The minimum atomic E-state index is -0.246. The Morgan fingerprint density at radius 1 is 1.25 bits per heavy atom. The van der Waals surface area contributed by atoms with Gasteiger partial charge in [-0.05, 0) is 52.7 Å². The zero-order chi connectivity index (χ0) is 14.7. The minimum Gasteiger partial charge on any atom is -0.493 e. The highest BCUT2D eigenvalue weighted by molar-refractivity contribution is 9.10. The molecule has 0 heterocycles. The van der Waals surface area contributed by atoms with E-state index in [1.807, 2.05) is 6.92 Å². The monoisotopic (exact) mass is 357 g/mol. The molecule has 0 spiro atoms. The molecule has 1 atom stereocenters. The summed E-state index contributed by atoms with van der Waals surface area (Å²) in [5, 5.41) is 3.92. The number of nitrogens with one attached hydrogen (secondary N) is 1. The Labute approximate surface area is 131 Å². The van der Waals surface area contributed by atoms with Crippen LogP contribution in [0, 0.1) is 5.82 Å². The molecule has 5 heteroatoms. The summed E-state index contributed by atoms with van der Waals surface area (Å²) in [6.07, 6.45) is 0. The van der Waals surface area contributed by atoms with Gasteiger partial charge in [-0.3, -0.25) is 0 Å². The molecule has 0 fully saturated rings. The molecule has 0 radical (unpaired) electrons. The van der Waals surface area contributed by atoms with Gasteiger partial charge in [0.1, 0.15) is 5.82 Å². The number of methoxy groups -OCH3 is 1. The van der Waals surface area contributed by atoms with E-state index in [0.29, 0.717) is 10.8 Å². The minimum absolute atomic E-state index is 0.00475. The van der Waals surface area contributed by atoms with E-state index < -0.39 is 0 Å². The van der Waals surface area contributed by atoms with Crippen molar-refractivity contribution in [2.45, 2.75) is 13.0 Å². The zero-order valence-corrected chi connectivity index (χ0v) is 13.4. The normalized spacial score (nSPS) is 12.1. The fraction of sp³-hybridized carbons (Fsp3) is 0.200. The van der Waals surface area contributed by atoms with Gasteiger partial charge in [-0.1, -0.05) is 23.7 Å². The van der Waals surface area contributed by atoms with Gasteiger partial charge < -0.3 is 10.1 Å². The first-order valence-electron chi connectivity index (χ1n) is 6.06. The number of hydrogen-bond acceptors (Lipinski definition) is 2. The summed E-state index contributed by atoms with van der Waals surface area (Å²) in [4.78, 5) is 0. The number of hydrogen-bond donors (Lipinski definition) is 1. The first-order chi connectivity index (χ1) is 9.51. The van der Waals surface area contributed by atoms with Crippen molar-refractivity contribution in [2.75, 3.05) is 12.4 Å². The molecular weight excluding hydrogens is 345 g/mol. The fourth-order valence-corrected chi connectivity index (χ4v) is 2.92. The third-order valence-corrected chi connectivity index (χ3v) is 3.76. The SMILES string of the molecule is COc1c(Br)cc(Cl)cc1NC(C)c1ccc(F)cc1. The van der Waals surface area contributed by atoms with Crippen LogP contribution in [0.15, 0.2) is 40.9 Å². The predicted molar refractivity (Wildman–Crippen MR) is 84.1 cm³/mol. The number of rotatable bonds is 4. The maximum Gasteiger partial charge on any atom is 0.156 e. The average molecular weight is 359 g/mol. The van der Waals surface area contributed by atoms with Crippen molar-refractivity contribution in [2.24, 2.45) is 0 Å². The first-order valence-corrected chi connectivity index (χ1v) is 7.23. The van der Waals surface area contributed by atoms with Crippen LogP contribution in [0.2, 0.25) is 5.02 Å². The van der Waals surface area contributed by atoms with E-state index in [1.54, 1.807) is 31.4 Å². The van der Waals surface area contributed by atoms with Crippen molar-refractivity contribution in [1.82, 2.24) is 0 Å². The summed E-state index contributed by atoms with van der Waals surface area (Å²) in [7, 11) is 1.60. The summed E-state index contributed by atoms with van der Waals surface area (Å²) in [5.74, 6) is 0.437. The molecule has 2 rings (SSSR count). The van der Waals surface area contributed by atoms with Gasteiger partial charge in [-0.2, -0.15) is 0 Å². The van der Waals surface area contributed by atoms with E-state index in [9.17, 15) is 4.39 Å². The third kappa shape index (κ3) is 3.44. The van der Waals surface area contributed by atoms with Crippen molar-refractivity contribution in [3.8, 4) is 5.75 Å². The van der Waals surface area contributed by atoms with Gasteiger partial charge in [0.05, 0.1) is 17.3 Å². The molecule has 0 saturated heterocycles. The zero-order valence-electron chi connectivity index (χ0n) is 11.1. The lowest BCUT2D eigenvalue weighted by molar-refractivity contribution is 0.413. The Balaban J connectivity index is 2.27. The van der Waals surface area contributed by atoms with Crippen molar-refractivity contribution < 1.29 is 9.13 Å². The lowest BCUT2D eigenvalue weighted by Crippen LogP contribution is -2.08. The molecule has 0 aliphatic carbocycles. The predicted octanol–water partition coefficient (Wildman–Crippen LogP) is 5.42. The molecule has 1 unspecified atom stereocenters. The van der Waals surface area contributed by atoms with Gasteiger partial charge in [-0.15, -0.1) is 0 Å². The van der Waals surface area contributed by atoms with E-state index in [-0.39, 0.29) is 11.9 Å². The van der Waals surface area contributed by atoms with Crippen LogP contribution in [-0.2, 0) is 0 Å². The Morgan fingerprint density at radius 2 is 1.90 bits per heavy atom. The topological polar surface area (TPSA) is 21.3 Å². The second kappa shape index (κ2) is 6.46. The number of ether oxygens (including phenoxy) is 1. The maximum absolute atomic E-state index is 12.9. The highest BCUT2D eigenvalue weighted by Crippen LogP contribution is 2.37. The highest BCUT2D eigenvalue weighted by Gasteiger charge is 2.13. The molecule has 2 aromatic rings. The van der Waals surface area contributed by atoms with Crippen LogP contribution in [0.1, 0.15) is 18.5 Å². The van der Waals surface area contributed by atoms with Gasteiger partial charge >= 0.3 is 0 Å². The first kappa shape index (κ1) is 15.1. The van der Waals surface area contributed by atoms with E-state index in [4.69, 9.17) is 16.3 Å². The summed E-state index contributed by atoms with van der Waals surface area (Å²) >= 11 is 9.47. The molecule has 106 valence electrons. The van der Waals surface area contributed by atoms with Crippen molar-refractivity contribution >= 4 is 33.2 Å². The molecule has 0 aliphatic rings. The average Bonchev–Trinajstić information content (AvgIpc) is 2.39. The van der Waals surface area contributed by atoms with Gasteiger partial charge in [0, 0.05) is 11.1 Å². The van der Waals surface area contributed by atoms with E-state index >= 15 is 0 Å². The lowest BCUT2D eigenvalue weighted by Gasteiger charge is -2.19. The molecule has 20 heavy (non-hydrogen) atoms. The van der Waals surface area contributed by atoms with Crippen molar-refractivity contribution in [1.29, 1.82) is 0 Å². The van der Waals surface area contributed by atoms with Crippen LogP contribution in [0.4, 0.5) is 10.1 Å². The van der Waals surface area contributed by atoms with Crippen LogP contribution < -0.4 is 10.1 Å². The van der Waals surface area contributed by atoms with Gasteiger partial charge in [-0.25, -0.2) is 4.39 Å². The van der Waals surface area contributed by atoms with Crippen LogP contribution >= 0.6 is 27.5 Å². The van der Waals surface area contributed by atoms with E-state index in [2.05, 4.69) is 21.2 Å². The third-order valence-electron chi connectivity index (χ3n) is 2.95. The van der Waals surface area contributed by atoms with Gasteiger partial charge in [0.15, 0.2) is 5.75 Å². The van der Waals surface area contributed by atoms with Crippen LogP contribution in [-0.4, -0.2) is 7.11 Å². The standard InChI is InChI=1S/C15H14BrClFNO/c1-9(10-3-5-12(18)6-4-10)19-14-8-11(17)7-13(16)15(14)20-2/h3-9,19H,1-2H3. The Hall–Kier alpha value is -1.26. The smallest absolute Gasteiger partial charge is 0.156 e. The fourth-order valence-electron chi connectivity index (χ4n) is 1.94. The molecule has 2 aromatic carbocycles. The second-order valence-electron chi connectivity index (χ2n) is 4.39. The molecule has 0 saturated carbocycles. The molecule has 0 aromatic heterocycles. The summed E-state index contributed by atoms with van der Waals surface area (Å²) in [5.41, 5.74) is 1.76. The largest absolute Gasteiger partial charge is 0.493 e. The lowest BCUT2D eigenvalue weighted by atomic mass is 10.1. The van der Waals surface area contributed by atoms with Crippen LogP contribution in [0.3, 0.4) is 0 Å². The second-order valence-corrected chi connectivity index (χ2v) is 5.68. The summed E-state index contributed by atoms with van der Waals surface area (Å²) < 4.78 is 19.1. The Bertz CT molecular complexity index is 604. The van der Waals surface area contributed by atoms with Crippen LogP contribution in [0.5, 0.6) is 5.75 Å². The molecule has 0 bridgehead atoms. The molecule has 2 nitrogen and oxygen atoms in total. The molecule has 0 aliphatic heterocycles. The highest BCUT2D eigenvalue weighted by atomic mass is 79.9. The maximum atomic E-state index is 12.9. The molecule has 1 N–H and O–H groups in total. The van der Waals surface area contributed by atoms with Gasteiger partial charge in [0.25, 0.3) is 0 Å². The van der Waals surface area contributed by atoms with Crippen molar-refractivity contribution in [3.63, 3.8) is 0 Å².